The molecule has 0 spiro atoms. The third-order valence-electron chi connectivity index (χ3n) is 7.09. The van der Waals surface area contributed by atoms with Crippen molar-refractivity contribution in [3.05, 3.63) is 83.4 Å². The molecule has 0 N–H and O–H groups in total. The first-order valence-corrected chi connectivity index (χ1v) is 15.6. The Balaban J connectivity index is 1.44. The van der Waals surface area contributed by atoms with Crippen molar-refractivity contribution in [3.63, 3.8) is 0 Å². The monoisotopic (exact) mass is 556 g/mol. The summed E-state index contributed by atoms with van der Waals surface area (Å²) in [5, 5.41) is 0. The summed E-state index contributed by atoms with van der Waals surface area (Å²) < 4.78 is 68.0. The van der Waals surface area contributed by atoms with Crippen molar-refractivity contribution in [1.82, 2.24) is 8.61 Å². The maximum Gasteiger partial charge on any atom is 0.243 e. The van der Waals surface area contributed by atoms with E-state index in [1.165, 1.54) is 32.9 Å². The topological polar surface area (TPSA) is 93.2 Å². The van der Waals surface area contributed by atoms with Crippen molar-refractivity contribution in [2.75, 3.05) is 13.3 Å². The molecule has 2 aliphatic rings. The molecule has 1 fully saturated rings. The summed E-state index contributed by atoms with van der Waals surface area (Å²) in [6, 6.07) is 18.6. The van der Waals surface area contributed by atoms with Crippen LogP contribution in [-0.2, 0) is 33.1 Å². The smallest absolute Gasteiger partial charge is 0.243 e. The molecule has 8 nitrogen and oxygen atoms in total. The molecule has 2 heterocycles. The van der Waals surface area contributed by atoms with Crippen molar-refractivity contribution < 1.29 is 26.3 Å². The standard InChI is InChI=1S/C28H32N2O6S2/c1-21-6-8-23(9-7-21)18-29(19-24-10-15-27-28(17-24)36-20-35-27)37(31,32)25-11-13-26(14-12-25)38(33,34)30-16-4-3-5-22(30)2/h6-15,17,22H,3-5,16,18-20H2,1-2H3/t22-/m1/s1. The summed E-state index contributed by atoms with van der Waals surface area (Å²) in [5.41, 5.74) is 2.68. The number of hydrogen-bond donors (Lipinski definition) is 0. The summed E-state index contributed by atoms with van der Waals surface area (Å²) in [5.74, 6) is 1.21. The molecular weight excluding hydrogens is 524 g/mol. The van der Waals surface area contributed by atoms with Gasteiger partial charge in [0.2, 0.25) is 26.8 Å². The molecular formula is C28H32N2O6S2. The maximum absolute atomic E-state index is 13.9. The first-order chi connectivity index (χ1) is 18.1. The highest BCUT2D eigenvalue weighted by Gasteiger charge is 2.32. The molecule has 1 saturated heterocycles. The van der Waals surface area contributed by atoms with E-state index in [2.05, 4.69) is 0 Å². The van der Waals surface area contributed by atoms with E-state index in [1.54, 1.807) is 12.1 Å². The molecule has 38 heavy (non-hydrogen) atoms. The molecule has 0 radical (unpaired) electrons. The molecule has 1 atom stereocenters. The Kier molecular flexibility index (Phi) is 7.50. The van der Waals surface area contributed by atoms with Crippen LogP contribution in [0.25, 0.3) is 0 Å². The van der Waals surface area contributed by atoms with Gasteiger partial charge in [-0.25, -0.2) is 16.8 Å². The Morgan fingerprint density at radius 3 is 2.16 bits per heavy atom. The summed E-state index contributed by atoms with van der Waals surface area (Å²) in [6.45, 7) is 4.76. The quantitative estimate of drug-likeness (QED) is 0.400. The minimum Gasteiger partial charge on any atom is -0.454 e. The number of sulfonamides is 2. The fourth-order valence-corrected chi connectivity index (χ4v) is 7.98. The highest BCUT2D eigenvalue weighted by molar-refractivity contribution is 7.89. The van der Waals surface area contributed by atoms with Gasteiger partial charge in [-0.15, -0.1) is 0 Å². The number of benzene rings is 3. The lowest BCUT2D eigenvalue weighted by atomic mass is 10.1. The molecule has 5 rings (SSSR count). The van der Waals surface area contributed by atoms with Gasteiger partial charge in [-0.3, -0.25) is 0 Å². The van der Waals surface area contributed by atoms with Crippen LogP contribution < -0.4 is 9.47 Å². The van der Waals surface area contributed by atoms with Gasteiger partial charge in [-0.1, -0.05) is 42.3 Å². The lowest BCUT2D eigenvalue weighted by Gasteiger charge is -2.32. The number of piperidine rings is 1. The van der Waals surface area contributed by atoms with Gasteiger partial charge in [-0.05, 0) is 74.2 Å². The SMILES string of the molecule is Cc1ccc(CN(Cc2ccc3c(c2)OCO3)S(=O)(=O)c2ccc(S(=O)(=O)N3CCCC[C@H]3C)cc2)cc1. The van der Waals surface area contributed by atoms with Crippen molar-refractivity contribution in [3.8, 4) is 11.5 Å². The number of nitrogens with zero attached hydrogens (tertiary/aromatic N) is 2. The van der Waals surface area contributed by atoms with Crippen LogP contribution in [0.2, 0.25) is 0 Å². The van der Waals surface area contributed by atoms with E-state index in [1.807, 2.05) is 44.2 Å². The molecule has 0 saturated carbocycles. The van der Waals surface area contributed by atoms with E-state index < -0.39 is 20.0 Å². The van der Waals surface area contributed by atoms with E-state index in [0.717, 1.165) is 36.0 Å². The highest BCUT2D eigenvalue weighted by atomic mass is 32.2. The summed E-state index contributed by atoms with van der Waals surface area (Å²) in [6.07, 6.45) is 2.65. The van der Waals surface area contributed by atoms with Crippen molar-refractivity contribution in [1.29, 1.82) is 0 Å². The Hall–Kier alpha value is -2.92. The van der Waals surface area contributed by atoms with E-state index in [9.17, 15) is 16.8 Å². The van der Waals surface area contributed by atoms with Gasteiger partial charge < -0.3 is 9.47 Å². The van der Waals surface area contributed by atoms with E-state index in [-0.39, 0.29) is 35.7 Å². The predicted molar refractivity (Wildman–Crippen MR) is 144 cm³/mol. The van der Waals surface area contributed by atoms with Gasteiger partial charge in [-0.2, -0.15) is 8.61 Å². The van der Waals surface area contributed by atoms with Crippen LogP contribution in [0.15, 0.2) is 76.5 Å². The molecule has 202 valence electrons. The van der Waals surface area contributed by atoms with Gasteiger partial charge in [0, 0.05) is 25.7 Å². The summed E-state index contributed by atoms with van der Waals surface area (Å²) >= 11 is 0. The first kappa shape index (κ1) is 26.7. The third kappa shape index (κ3) is 5.44. The van der Waals surface area contributed by atoms with Gasteiger partial charge in [0.05, 0.1) is 9.79 Å². The second-order valence-corrected chi connectivity index (χ2v) is 13.7. The van der Waals surface area contributed by atoms with Crippen LogP contribution in [0.3, 0.4) is 0 Å². The average Bonchev–Trinajstić information content (AvgIpc) is 3.38. The molecule has 0 bridgehead atoms. The van der Waals surface area contributed by atoms with Crippen molar-refractivity contribution in [2.24, 2.45) is 0 Å². The van der Waals surface area contributed by atoms with Crippen molar-refractivity contribution >= 4 is 20.0 Å². The molecule has 10 heteroatoms. The van der Waals surface area contributed by atoms with E-state index >= 15 is 0 Å². The number of aryl methyl sites for hydroxylation is 1. The number of fused-ring (bicyclic) bond motifs is 1. The minimum absolute atomic E-state index is 0.0380. The largest absolute Gasteiger partial charge is 0.454 e. The lowest BCUT2D eigenvalue weighted by molar-refractivity contribution is 0.174. The highest BCUT2D eigenvalue weighted by Crippen LogP contribution is 2.34. The van der Waals surface area contributed by atoms with Crippen LogP contribution in [0, 0.1) is 6.92 Å². The number of rotatable bonds is 8. The number of hydrogen-bond acceptors (Lipinski definition) is 6. The molecule has 0 aromatic heterocycles. The van der Waals surface area contributed by atoms with Crippen LogP contribution in [0.4, 0.5) is 0 Å². The van der Waals surface area contributed by atoms with Crippen LogP contribution in [0.1, 0.15) is 42.9 Å². The second kappa shape index (κ2) is 10.7. The number of ether oxygens (including phenoxy) is 2. The zero-order chi connectivity index (χ0) is 26.9. The lowest BCUT2D eigenvalue weighted by Crippen LogP contribution is -2.41. The Labute approximate surface area is 224 Å². The molecule has 0 amide bonds. The normalized spacial score (nSPS) is 18.1. The summed E-state index contributed by atoms with van der Waals surface area (Å²) in [7, 11) is -7.67. The maximum atomic E-state index is 13.9. The van der Waals surface area contributed by atoms with Crippen LogP contribution in [0.5, 0.6) is 11.5 Å². The van der Waals surface area contributed by atoms with Gasteiger partial charge in [0.15, 0.2) is 11.5 Å². The predicted octanol–water partition coefficient (Wildman–Crippen LogP) is 4.68. The van der Waals surface area contributed by atoms with E-state index in [4.69, 9.17) is 9.47 Å². The molecule has 3 aromatic carbocycles. The van der Waals surface area contributed by atoms with E-state index in [0.29, 0.717) is 18.0 Å². The van der Waals surface area contributed by atoms with Crippen molar-refractivity contribution in [2.45, 2.75) is 62.0 Å². The molecule has 2 aliphatic heterocycles. The first-order valence-electron chi connectivity index (χ1n) is 12.7. The minimum atomic E-state index is -3.97. The molecule has 3 aromatic rings. The molecule has 0 aliphatic carbocycles. The zero-order valence-corrected chi connectivity index (χ0v) is 23.2. The Morgan fingerprint density at radius 1 is 0.816 bits per heavy atom. The average molecular weight is 557 g/mol. The fourth-order valence-electron chi connectivity index (χ4n) is 4.86. The van der Waals surface area contributed by atoms with Crippen LogP contribution in [-0.4, -0.2) is 44.8 Å². The zero-order valence-electron chi connectivity index (χ0n) is 21.5. The third-order valence-corrected chi connectivity index (χ3v) is 10.9. The van der Waals surface area contributed by atoms with Gasteiger partial charge in [0.1, 0.15) is 0 Å². The van der Waals surface area contributed by atoms with Gasteiger partial charge in [0.25, 0.3) is 0 Å². The molecule has 0 unspecified atom stereocenters. The van der Waals surface area contributed by atoms with Crippen LogP contribution >= 0.6 is 0 Å². The Bertz CT molecular complexity index is 1500. The fraction of sp³-hybridized carbons (Fsp3) is 0.357. The summed E-state index contributed by atoms with van der Waals surface area (Å²) in [4.78, 5) is 0.141. The van der Waals surface area contributed by atoms with Gasteiger partial charge >= 0.3 is 0 Å². The Morgan fingerprint density at radius 2 is 1.45 bits per heavy atom. The second-order valence-electron chi connectivity index (χ2n) is 9.88.